The van der Waals surface area contributed by atoms with Crippen LogP contribution in [0.4, 0.5) is 8.78 Å². The highest BCUT2D eigenvalue weighted by Crippen LogP contribution is 2.12. The van der Waals surface area contributed by atoms with Crippen molar-refractivity contribution in [3.05, 3.63) is 35.4 Å². The number of hydrogen-bond donors (Lipinski definition) is 1. The lowest BCUT2D eigenvalue weighted by atomic mass is 10.1. The third-order valence-electron chi connectivity index (χ3n) is 3.09. The highest BCUT2D eigenvalue weighted by Gasteiger charge is 2.16. The van der Waals surface area contributed by atoms with E-state index in [4.69, 9.17) is 0 Å². The molecule has 3 nitrogen and oxygen atoms in total. The molecule has 1 heterocycles. The van der Waals surface area contributed by atoms with Gasteiger partial charge in [-0.2, -0.15) is 0 Å². The monoisotopic (exact) mass is 290 g/mol. The Morgan fingerprint density at radius 2 is 1.95 bits per heavy atom. The minimum Gasteiger partial charge on any atom is -0.340 e. The van der Waals surface area contributed by atoms with Crippen molar-refractivity contribution in [1.82, 2.24) is 10.2 Å². The van der Waals surface area contributed by atoms with Crippen LogP contribution in [0, 0.1) is 11.6 Å². The number of hydrogen-bond acceptors (Lipinski definition) is 2. The molecule has 1 amide bonds. The number of benzene rings is 1. The van der Waals surface area contributed by atoms with E-state index in [1.165, 1.54) is 0 Å². The molecule has 19 heavy (non-hydrogen) atoms. The summed E-state index contributed by atoms with van der Waals surface area (Å²) in [5, 5.41) is 3.16. The zero-order chi connectivity index (χ0) is 13.0. The van der Waals surface area contributed by atoms with E-state index in [0.717, 1.165) is 31.3 Å². The maximum Gasteiger partial charge on any atom is 0.222 e. The molecular weight excluding hydrogens is 274 g/mol. The molecule has 1 aliphatic heterocycles. The molecule has 1 fully saturated rings. The van der Waals surface area contributed by atoms with Gasteiger partial charge in [0, 0.05) is 32.6 Å². The third-order valence-corrected chi connectivity index (χ3v) is 3.09. The number of aryl methyl sites for hydroxylation is 1. The van der Waals surface area contributed by atoms with Crippen molar-refractivity contribution in [2.75, 3.05) is 26.2 Å². The molecule has 1 aromatic carbocycles. The summed E-state index contributed by atoms with van der Waals surface area (Å²) in [5.41, 5.74) is 0.262. The number of halogens is 3. The van der Waals surface area contributed by atoms with Crippen LogP contribution in [0.3, 0.4) is 0 Å². The first-order valence-electron chi connectivity index (χ1n) is 6.09. The Bertz CT molecular complexity index is 437. The van der Waals surface area contributed by atoms with Crippen molar-refractivity contribution in [3.8, 4) is 0 Å². The van der Waals surface area contributed by atoms with Gasteiger partial charge in [0.05, 0.1) is 0 Å². The van der Waals surface area contributed by atoms with Crippen LogP contribution in [0.5, 0.6) is 0 Å². The molecule has 0 radical (unpaired) electrons. The summed E-state index contributed by atoms with van der Waals surface area (Å²) in [5.74, 6) is -0.925. The Balaban J connectivity index is 0.00000180. The van der Waals surface area contributed by atoms with Crippen molar-refractivity contribution in [3.63, 3.8) is 0 Å². The standard InChI is InChI=1S/C13H16F2N2O.ClH/c14-11-2-3-12(15)10(9-11)1-4-13(18)17-7-5-16-6-8-17;/h2-3,9,16H,1,4-8H2;1H. The first-order chi connectivity index (χ1) is 8.66. The highest BCUT2D eigenvalue weighted by molar-refractivity contribution is 5.85. The fourth-order valence-electron chi connectivity index (χ4n) is 2.05. The molecule has 6 heteroatoms. The van der Waals surface area contributed by atoms with Crippen LogP contribution >= 0.6 is 12.4 Å². The average Bonchev–Trinajstić information content (AvgIpc) is 2.40. The first-order valence-corrected chi connectivity index (χ1v) is 6.09. The lowest BCUT2D eigenvalue weighted by Crippen LogP contribution is -2.46. The van der Waals surface area contributed by atoms with Crippen molar-refractivity contribution < 1.29 is 13.6 Å². The normalized spacial score (nSPS) is 14.9. The second kappa shape index (κ2) is 7.40. The lowest BCUT2D eigenvalue weighted by molar-refractivity contribution is -0.131. The van der Waals surface area contributed by atoms with Gasteiger partial charge in [-0.25, -0.2) is 8.78 Å². The molecule has 0 saturated carbocycles. The van der Waals surface area contributed by atoms with E-state index in [1.54, 1.807) is 4.90 Å². The van der Waals surface area contributed by atoms with E-state index in [9.17, 15) is 13.6 Å². The summed E-state index contributed by atoms with van der Waals surface area (Å²) in [6, 6.07) is 3.33. The largest absolute Gasteiger partial charge is 0.340 e. The maximum absolute atomic E-state index is 13.4. The fraction of sp³-hybridized carbons (Fsp3) is 0.462. The van der Waals surface area contributed by atoms with Gasteiger partial charge in [0.15, 0.2) is 0 Å². The number of nitrogens with one attached hydrogen (secondary N) is 1. The van der Waals surface area contributed by atoms with E-state index >= 15 is 0 Å². The molecule has 0 aromatic heterocycles. The number of rotatable bonds is 3. The second-order valence-electron chi connectivity index (χ2n) is 4.37. The van der Waals surface area contributed by atoms with Crippen LogP contribution in [-0.4, -0.2) is 37.0 Å². The van der Waals surface area contributed by atoms with Crippen LogP contribution in [-0.2, 0) is 11.2 Å². The number of piperazine rings is 1. The highest BCUT2D eigenvalue weighted by atomic mass is 35.5. The molecule has 0 unspecified atom stereocenters. The average molecular weight is 291 g/mol. The van der Waals surface area contributed by atoms with Gasteiger partial charge in [-0.05, 0) is 30.2 Å². The molecule has 1 saturated heterocycles. The zero-order valence-corrected chi connectivity index (χ0v) is 11.3. The molecular formula is C13H17ClF2N2O. The molecule has 106 valence electrons. The van der Waals surface area contributed by atoms with Crippen LogP contribution in [0.2, 0.25) is 0 Å². The minimum absolute atomic E-state index is 0. The summed E-state index contributed by atoms with van der Waals surface area (Å²) in [7, 11) is 0. The van der Waals surface area contributed by atoms with Gasteiger partial charge >= 0.3 is 0 Å². The van der Waals surface area contributed by atoms with Gasteiger partial charge in [0.2, 0.25) is 5.91 Å². The van der Waals surface area contributed by atoms with Gasteiger partial charge in [0.1, 0.15) is 11.6 Å². The summed E-state index contributed by atoms with van der Waals surface area (Å²) in [4.78, 5) is 13.6. The Morgan fingerprint density at radius 1 is 1.26 bits per heavy atom. The van der Waals surface area contributed by atoms with E-state index in [2.05, 4.69) is 5.32 Å². The molecule has 2 rings (SSSR count). The minimum atomic E-state index is -0.471. The Labute approximate surface area is 117 Å². The summed E-state index contributed by atoms with van der Waals surface area (Å²) < 4.78 is 26.3. The topological polar surface area (TPSA) is 32.3 Å². The fourth-order valence-corrected chi connectivity index (χ4v) is 2.05. The van der Waals surface area contributed by atoms with Gasteiger partial charge in [-0.1, -0.05) is 0 Å². The molecule has 0 bridgehead atoms. The summed E-state index contributed by atoms with van der Waals surface area (Å²) >= 11 is 0. The van der Waals surface area contributed by atoms with Gasteiger partial charge in [0.25, 0.3) is 0 Å². The maximum atomic E-state index is 13.4. The summed E-state index contributed by atoms with van der Waals surface area (Å²) in [6.45, 7) is 2.95. The first kappa shape index (κ1) is 15.9. The number of amides is 1. The van der Waals surface area contributed by atoms with E-state index < -0.39 is 11.6 Å². The van der Waals surface area contributed by atoms with Crippen molar-refractivity contribution in [2.45, 2.75) is 12.8 Å². The molecule has 0 aliphatic carbocycles. The number of carbonyl (C=O) groups excluding carboxylic acids is 1. The van der Waals surface area contributed by atoms with Crippen LogP contribution < -0.4 is 5.32 Å². The van der Waals surface area contributed by atoms with Crippen LogP contribution in [0.15, 0.2) is 18.2 Å². The molecule has 0 atom stereocenters. The quantitative estimate of drug-likeness (QED) is 0.920. The van der Waals surface area contributed by atoms with Crippen molar-refractivity contribution in [1.29, 1.82) is 0 Å². The Kier molecular flexibility index (Phi) is 6.18. The van der Waals surface area contributed by atoms with E-state index in [1.807, 2.05) is 0 Å². The SMILES string of the molecule is Cl.O=C(CCc1cc(F)ccc1F)N1CCNCC1. The predicted octanol–water partition coefficient (Wildman–Crippen LogP) is 1.75. The Morgan fingerprint density at radius 3 is 2.63 bits per heavy atom. The molecule has 1 aliphatic rings. The molecule has 1 N–H and O–H groups in total. The Hall–Kier alpha value is -1.20. The smallest absolute Gasteiger partial charge is 0.222 e. The van der Waals surface area contributed by atoms with Gasteiger partial charge in [-0.3, -0.25) is 4.79 Å². The van der Waals surface area contributed by atoms with Crippen LogP contribution in [0.1, 0.15) is 12.0 Å². The predicted molar refractivity (Wildman–Crippen MR) is 71.4 cm³/mol. The van der Waals surface area contributed by atoms with E-state index in [0.29, 0.717) is 13.1 Å². The van der Waals surface area contributed by atoms with Gasteiger partial charge < -0.3 is 10.2 Å². The lowest BCUT2D eigenvalue weighted by Gasteiger charge is -2.27. The van der Waals surface area contributed by atoms with Crippen molar-refractivity contribution in [2.24, 2.45) is 0 Å². The third kappa shape index (κ3) is 4.44. The molecule has 0 spiro atoms. The molecule has 1 aromatic rings. The zero-order valence-electron chi connectivity index (χ0n) is 10.5. The van der Waals surface area contributed by atoms with Crippen molar-refractivity contribution >= 4 is 18.3 Å². The van der Waals surface area contributed by atoms with Gasteiger partial charge in [-0.15, -0.1) is 12.4 Å². The number of carbonyl (C=O) groups is 1. The van der Waals surface area contributed by atoms with Crippen LogP contribution in [0.25, 0.3) is 0 Å². The summed E-state index contributed by atoms with van der Waals surface area (Å²) in [6.07, 6.45) is 0.465. The second-order valence-corrected chi connectivity index (χ2v) is 4.37. The number of nitrogens with zero attached hydrogens (tertiary/aromatic N) is 1. The van der Waals surface area contributed by atoms with E-state index in [-0.39, 0.29) is 36.7 Å².